The van der Waals surface area contributed by atoms with Crippen LogP contribution in [0, 0.1) is 0 Å². The molecule has 3 heterocycles. The van der Waals surface area contributed by atoms with Crippen molar-refractivity contribution in [3.05, 3.63) is 53.0 Å². The lowest BCUT2D eigenvalue weighted by molar-refractivity contribution is -0.118. The van der Waals surface area contributed by atoms with Crippen molar-refractivity contribution in [2.45, 2.75) is 56.3 Å². The molecule has 6 nitrogen and oxygen atoms in total. The molecule has 1 amide bonds. The highest BCUT2D eigenvalue weighted by molar-refractivity contribution is 7.89. The zero-order chi connectivity index (χ0) is 22.8. The van der Waals surface area contributed by atoms with Gasteiger partial charge in [0.25, 0.3) is 0 Å². The van der Waals surface area contributed by atoms with Crippen LogP contribution in [-0.2, 0) is 27.7 Å². The van der Waals surface area contributed by atoms with Gasteiger partial charge in [-0.15, -0.1) is 11.3 Å². The highest BCUT2D eigenvalue weighted by Crippen LogP contribution is 2.32. The van der Waals surface area contributed by atoms with Gasteiger partial charge in [0.2, 0.25) is 15.9 Å². The lowest BCUT2D eigenvalue weighted by Crippen LogP contribution is -2.35. The van der Waals surface area contributed by atoms with Gasteiger partial charge in [0.1, 0.15) is 0 Å². The molecule has 0 spiro atoms. The van der Waals surface area contributed by atoms with Crippen molar-refractivity contribution in [1.29, 1.82) is 0 Å². The van der Waals surface area contributed by atoms with Crippen LogP contribution in [0.5, 0.6) is 0 Å². The number of carbonyl (C=O) groups excluding carboxylic acids is 1. The zero-order valence-corrected chi connectivity index (χ0v) is 20.3. The largest absolute Gasteiger partial charge is 0.312 e. The Kier molecular flexibility index (Phi) is 6.49. The van der Waals surface area contributed by atoms with Crippen molar-refractivity contribution in [2.75, 3.05) is 24.5 Å². The SMILES string of the molecule is O=C(CCCCc1nc2ccccc2s1)N1CCc2cc(S(=O)(=O)N3CCCCC3)ccc21. The third-order valence-electron chi connectivity index (χ3n) is 6.57. The topological polar surface area (TPSA) is 70.6 Å². The minimum absolute atomic E-state index is 0.115. The third kappa shape index (κ3) is 4.69. The number of sulfonamides is 1. The molecule has 5 rings (SSSR count). The first-order chi connectivity index (χ1) is 16.0. The minimum atomic E-state index is -3.45. The van der Waals surface area contributed by atoms with Gasteiger partial charge in [0.15, 0.2) is 0 Å². The van der Waals surface area contributed by atoms with Crippen LogP contribution in [-0.4, -0.2) is 43.2 Å². The number of unbranched alkanes of at least 4 members (excludes halogenated alkanes) is 1. The Labute approximate surface area is 199 Å². The lowest BCUT2D eigenvalue weighted by atomic mass is 10.1. The molecular formula is C25H29N3O3S2. The Hall–Kier alpha value is -2.29. The second-order valence-electron chi connectivity index (χ2n) is 8.83. The molecule has 1 fully saturated rings. The average Bonchev–Trinajstić information content (AvgIpc) is 3.45. The van der Waals surface area contributed by atoms with E-state index in [0.29, 0.717) is 37.4 Å². The number of fused-ring (bicyclic) bond motifs is 2. The number of hydrogen-bond acceptors (Lipinski definition) is 5. The van der Waals surface area contributed by atoms with Crippen LogP contribution in [0.2, 0.25) is 0 Å². The second-order valence-corrected chi connectivity index (χ2v) is 11.9. The summed E-state index contributed by atoms with van der Waals surface area (Å²) < 4.78 is 28.8. The molecule has 0 radical (unpaired) electrons. The molecule has 0 saturated carbocycles. The van der Waals surface area contributed by atoms with Gasteiger partial charge in [-0.3, -0.25) is 4.79 Å². The molecule has 0 N–H and O–H groups in total. The van der Waals surface area contributed by atoms with Crippen molar-refractivity contribution >= 4 is 43.2 Å². The Morgan fingerprint density at radius 3 is 2.64 bits per heavy atom. The number of rotatable bonds is 7. The smallest absolute Gasteiger partial charge is 0.243 e. The van der Waals surface area contributed by atoms with Crippen LogP contribution >= 0.6 is 11.3 Å². The molecule has 33 heavy (non-hydrogen) atoms. The Balaban J connectivity index is 1.18. The first-order valence-corrected chi connectivity index (χ1v) is 14.1. The van der Waals surface area contributed by atoms with Crippen LogP contribution in [0.4, 0.5) is 5.69 Å². The van der Waals surface area contributed by atoms with E-state index in [1.54, 1.807) is 27.8 Å². The van der Waals surface area contributed by atoms with Gasteiger partial charge in [-0.2, -0.15) is 4.31 Å². The maximum atomic E-state index is 13.0. The molecule has 0 bridgehead atoms. The van der Waals surface area contributed by atoms with Gasteiger partial charge in [0.05, 0.1) is 20.1 Å². The van der Waals surface area contributed by atoms with Crippen molar-refractivity contribution in [1.82, 2.24) is 9.29 Å². The number of benzene rings is 2. The predicted octanol–water partition coefficient (Wildman–Crippen LogP) is 4.77. The molecule has 1 aromatic heterocycles. The van der Waals surface area contributed by atoms with E-state index in [-0.39, 0.29) is 5.91 Å². The van der Waals surface area contributed by atoms with E-state index in [1.165, 1.54) is 4.70 Å². The fraction of sp³-hybridized carbons (Fsp3) is 0.440. The molecule has 2 aromatic carbocycles. The molecule has 8 heteroatoms. The van der Waals surface area contributed by atoms with E-state index >= 15 is 0 Å². The summed E-state index contributed by atoms with van der Waals surface area (Å²) >= 11 is 1.73. The van der Waals surface area contributed by atoms with Gasteiger partial charge in [-0.1, -0.05) is 18.6 Å². The maximum Gasteiger partial charge on any atom is 0.243 e. The number of aryl methyl sites for hydroxylation is 1. The molecule has 0 unspecified atom stereocenters. The number of aromatic nitrogens is 1. The molecule has 174 valence electrons. The number of hydrogen-bond donors (Lipinski definition) is 0. The third-order valence-corrected chi connectivity index (χ3v) is 9.56. The number of amides is 1. The molecule has 2 aliphatic heterocycles. The lowest BCUT2D eigenvalue weighted by Gasteiger charge is -2.26. The van der Waals surface area contributed by atoms with Crippen LogP contribution in [0.3, 0.4) is 0 Å². The standard InChI is InChI=1S/C25H29N3O3S2/c29-25(11-5-4-10-24-26-21-8-2-3-9-23(21)32-24)28-17-14-19-18-20(12-13-22(19)28)33(30,31)27-15-6-1-7-16-27/h2-3,8-9,12-13,18H,1,4-7,10-11,14-17H2. The second kappa shape index (κ2) is 9.52. The fourth-order valence-corrected chi connectivity index (χ4v) is 7.34. The quantitative estimate of drug-likeness (QED) is 0.454. The van der Waals surface area contributed by atoms with Gasteiger partial charge in [-0.25, -0.2) is 13.4 Å². The van der Waals surface area contributed by atoms with Crippen molar-refractivity contribution in [3.63, 3.8) is 0 Å². The van der Waals surface area contributed by atoms with E-state index in [2.05, 4.69) is 11.1 Å². The summed E-state index contributed by atoms with van der Waals surface area (Å²) in [5.41, 5.74) is 2.86. The normalized spacial score (nSPS) is 16.9. The van der Waals surface area contributed by atoms with E-state index in [4.69, 9.17) is 0 Å². The summed E-state index contributed by atoms with van der Waals surface area (Å²) in [6.45, 7) is 1.82. The van der Waals surface area contributed by atoms with Gasteiger partial charge in [-0.05, 0) is 74.4 Å². The van der Waals surface area contributed by atoms with E-state index < -0.39 is 10.0 Å². The first-order valence-electron chi connectivity index (χ1n) is 11.8. The summed E-state index contributed by atoms with van der Waals surface area (Å²) in [6, 6.07) is 13.4. The van der Waals surface area contributed by atoms with Gasteiger partial charge in [0, 0.05) is 31.7 Å². The number of carbonyl (C=O) groups is 1. The number of para-hydroxylation sites is 1. The van der Waals surface area contributed by atoms with Crippen LogP contribution < -0.4 is 4.90 Å². The molecule has 1 saturated heterocycles. The number of thiazole rings is 1. The predicted molar refractivity (Wildman–Crippen MR) is 132 cm³/mol. The number of nitrogens with zero attached hydrogens (tertiary/aromatic N) is 3. The maximum absolute atomic E-state index is 13.0. The highest BCUT2D eigenvalue weighted by Gasteiger charge is 2.29. The minimum Gasteiger partial charge on any atom is -0.312 e. The summed E-state index contributed by atoms with van der Waals surface area (Å²) in [4.78, 5) is 19.7. The van der Waals surface area contributed by atoms with E-state index in [0.717, 1.165) is 60.3 Å². The number of piperidine rings is 1. The average molecular weight is 484 g/mol. The van der Waals surface area contributed by atoms with Crippen LogP contribution in [0.25, 0.3) is 10.2 Å². The number of anilines is 1. The first kappa shape index (κ1) is 22.5. The van der Waals surface area contributed by atoms with Crippen molar-refractivity contribution in [3.8, 4) is 0 Å². The zero-order valence-electron chi connectivity index (χ0n) is 18.7. The van der Waals surface area contributed by atoms with Crippen LogP contribution in [0.1, 0.15) is 49.1 Å². The molecule has 0 aliphatic carbocycles. The summed E-state index contributed by atoms with van der Waals surface area (Å²) in [6.07, 6.45) is 6.78. The summed E-state index contributed by atoms with van der Waals surface area (Å²) in [5, 5.41) is 1.12. The molecule has 2 aliphatic rings. The Morgan fingerprint density at radius 2 is 1.82 bits per heavy atom. The summed E-state index contributed by atoms with van der Waals surface area (Å²) in [5.74, 6) is 0.115. The van der Waals surface area contributed by atoms with Crippen molar-refractivity contribution in [2.24, 2.45) is 0 Å². The Bertz CT molecular complexity index is 1230. The van der Waals surface area contributed by atoms with Crippen LogP contribution in [0.15, 0.2) is 47.4 Å². The summed E-state index contributed by atoms with van der Waals surface area (Å²) in [7, 11) is -3.45. The van der Waals surface area contributed by atoms with E-state index in [9.17, 15) is 13.2 Å². The van der Waals surface area contributed by atoms with Gasteiger partial charge < -0.3 is 4.90 Å². The van der Waals surface area contributed by atoms with Crippen molar-refractivity contribution < 1.29 is 13.2 Å². The highest BCUT2D eigenvalue weighted by atomic mass is 32.2. The molecular weight excluding hydrogens is 454 g/mol. The van der Waals surface area contributed by atoms with E-state index in [1.807, 2.05) is 29.2 Å². The molecule has 0 atom stereocenters. The molecule has 3 aromatic rings. The van der Waals surface area contributed by atoms with Gasteiger partial charge >= 0.3 is 0 Å². The fourth-order valence-electron chi connectivity index (χ4n) is 4.77. The Morgan fingerprint density at radius 1 is 1.00 bits per heavy atom. The monoisotopic (exact) mass is 483 g/mol.